The molecule has 0 bridgehead atoms. The van der Waals surface area contributed by atoms with E-state index in [9.17, 15) is 9.59 Å². The Bertz CT molecular complexity index is 1330. The van der Waals surface area contributed by atoms with E-state index in [1.165, 1.54) is 19.3 Å². The normalized spacial score (nSPS) is 22.4. The topological polar surface area (TPSA) is 105 Å². The van der Waals surface area contributed by atoms with Crippen LogP contribution in [0, 0.1) is 0 Å². The van der Waals surface area contributed by atoms with Crippen LogP contribution in [-0.4, -0.2) is 64.8 Å². The van der Waals surface area contributed by atoms with Gasteiger partial charge < -0.3 is 13.9 Å². The molecule has 0 unspecified atom stereocenters. The summed E-state index contributed by atoms with van der Waals surface area (Å²) < 4.78 is 21.0. The first kappa shape index (κ1) is 28.0. The summed E-state index contributed by atoms with van der Waals surface area (Å²) in [6.45, 7) is 12.4. The highest BCUT2D eigenvalue weighted by Gasteiger charge is 2.51. The minimum Gasteiger partial charge on any atom is -0.407 e. The van der Waals surface area contributed by atoms with Gasteiger partial charge in [0.25, 0.3) is 0 Å². The first-order valence-corrected chi connectivity index (χ1v) is 15.6. The number of imidazole rings is 1. The molecule has 10 heteroatoms. The molecule has 0 aliphatic carbocycles. The lowest BCUT2D eigenvalue weighted by Crippen LogP contribution is -2.49. The molecule has 3 aromatic rings. The molecule has 2 aromatic heterocycles. The fraction of sp³-hybridized carbons (Fsp3) is 0.464. The largest absolute Gasteiger partial charge is 0.407 e. The number of hydrogen-bond acceptors (Lipinski definition) is 8. The lowest BCUT2D eigenvalue weighted by molar-refractivity contribution is -0.112. The minimum absolute atomic E-state index is 0.0483. The standard InChI is InChI=1S/C28H36N4O5Si/c1-18(33)13-14-22-24(35-5)25(37-38(6,7)28(2,3)4)27(36-22)32-17-31-23-20(29-16-30-26(23)32)15-21(34)19-11-9-8-10-12-19/h8-14,16-17,22,24-25,27H,15H2,1-7H3/b14-13+/t22-,24-,25-,27-/m1/s1. The number of fused-ring (bicyclic) bond motifs is 1. The molecular weight excluding hydrogens is 500 g/mol. The number of nitrogens with zero attached hydrogens (tertiary/aromatic N) is 4. The van der Waals surface area contributed by atoms with Crippen LogP contribution in [0.4, 0.5) is 0 Å². The van der Waals surface area contributed by atoms with Crippen LogP contribution in [0.25, 0.3) is 11.2 Å². The average Bonchev–Trinajstić information content (AvgIpc) is 3.43. The van der Waals surface area contributed by atoms with Crippen LogP contribution in [0.15, 0.2) is 55.1 Å². The predicted octanol–water partition coefficient (Wildman–Crippen LogP) is 4.70. The van der Waals surface area contributed by atoms with E-state index in [4.69, 9.17) is 13.9 Å². The quantitative estimate of drug-likeness (QED) is 0.220. The second kappa shape index (κ2) is 11.0. The summed E-state index contributed by atoms with van der Waals surface area (Å²) in [6.07, 6.45) is 4.32. The molecule has 1 aliphatic heterocycles. The average molecular weight is 537 g/mol. The molecule has 1 aliphatic rings. The Balaban J connectivity index is 1.73. The van der Waals surface area contributed by atoms with E-state index < -0.39 is 32.9 Å². The molecule has 0 radical (unpaired) electrons. The maximum absolute atomic E-state index is 12.9. The van der Waals surface area contributed by atoms with Gasteiger partial charge in [-0.15, -0.1) is 0 Å². The van der Waals surface area contributed by atoms with Gasteiger partial charge in [0.1, 0.15) is 30.2 Å². The van der Waals surface area contributed by atoms with E-state index in [0.29, 0.717) is 22.4 Å². The molecule has 0 saturated carbocycles. The van der Waals surface area contributed by atoms with E-state index in [1.54, 1.807) is 31.6 Å². The molecule has 3 heterocycles. The molecular formula is C28H36N4O5Si. The molecule has 4 rings (SSSR count). The SMILES string of the molecule is CO[C@H]1[C@@H](O[Si](C)(C)C(C)(C)C)[C@H](n2cnc3c(CC(=O)c4ccccc4)ncnc32)O[C@@H]1/C=C/C(C)=O. The van der Waals surface area contributed by atoms with Crippen molar-refractivity contribution in [3.63, 3.8) is 0 Å². The van der Waals surface area contributed by atoms with Gasteiger partial charge in [-0.05, 0) is 37.2 Å². The van der Waals surface area contributed by atoms with Crippen LogP contribution >= 0.6 is 0 Å². The number of methoxy groups -OCH3 is 1. The minimum atomic E-state index is -2.26. The lowest BCUT2D eigenvalue weighted by Gasteiger charge is -2.40. The Labute approximate surface area is 224 Å². The van der Waals surface area contributed by atoms with Crippen molar-refractivity contribution in [1.82, 2.24) is 19.5 Å². The molecule has 0 N–H and O–H groups in total. The zero-order chi connectivity index (χ0) is 27.7. The number of carbonyl (C=O) groups excluding carboxylic acids is 2. The van der Waals surface area contributed by atoms with Gasteiger partial charge in [-0.2, -0.15) is 0 Å². The fourth-order valence-electron chi connectivity index (χ4n) is 4.28. The number of benzene rings is 1. The molecule has 0 spiro atoms. The summed E-state index contributed by atoms with van der Waals surface area (Å²) in [5, 5.41) is -0.0483. The molecule has 1 fully saturated rings. The van der Waals surface area contributed by atoms with Gasteiger partial charge in [0, 0.05) is 12.7 Å². The predicted molar refractivity (Wildman–Crippen MR) is 146 cm³/mol. The highest BCUT2D eigenvalue weighted by Crippen LogP contribution is 2.43. The number of hydrogen-bond donors (Lipinski definition) is 0. The second-order valence-electron chi connectivity index (χ2n) is 11.1. The smallest absolute Gasteiger partial charge is 0.192 e. The Hall–Kier alpha value is -3.05. The van der Waals surface area contributed by atoms with Crippen LogP contribution in [-0.2, 0) is 25.1 Å². The van der Waals surface area contributed by atoms with Gasteiger partial charge in [0.2, 0.25) is 0 Å². The number of ketones is 2. The third-order valence-corrected chi connectivity index (χ3v) is 11.9. The summed E-state index contributed by atoms with van der Waals surface area (Å²) >= 11 is 0. The first-order chi connectivity index (χ1) is 17.9. The zero-order valence-corrected chi connectivity index (χ0v) is 24.0. The van der Waals surface area contributed by atoms with E-state index in [0.717, 1.165) is 0 Å². The van der Waals surface area contributed by atoms with Crippen molar-refractivity contribution >= 4 is 31.0 Å². The molecule has 4 atom stereocenters. The van der Waals surface area contributed by atoms with Crippen molar-refractivity contribution < 1.29 is 23.5 Å². The van der Waals surface area contributed by atoms with E-state index in [-0.39, 0.29) is 23.0 Å². The number of ether oxygens (including phenoxy) is 2. The van der Waals surface area contributed by atoms with Gasteiger partial charge in [0.15, 0.2) is 31.8 Å². The van der Waals surface area contributed by atoms with Crippen LogP contribution in [0.1, 0.15) is 50.0 Å². The summed E-state index contributed by atoms with van der Waals surface area (Å²) in [5.74, 6) is -0.132. The molecule has 1 saturated heterocycles. The van der Waals surface area contributed by atoms with Crippen molar-refractivity contribution in [3.8, 4) is 0 Å². The molecule has 9 nitrogen and oxygen atoms in total. The van der Waals surface area contributed by atoms with Gasteiger partial charge in [-0.25, -0.2) is 15.0 Å². The van der Waals surface area contributed by atoms with Crippen LogP contribution in [0.3, 0.4) is 0 Å². The maximum Gasteiger partial charge on any atom is 0.192 e. The second-order valence-corrected chi connectivity index (χ2v) is 15.9. The summed E-state index contributed by atoms with van der Waals surface area (Å²) in [6, 6.07) is 9.11. The van der Waals surface area contributed by atoms with Gasteiger partial charge in [-0.3, -0.25) is 14.2 Å². The molecule has 202 valence electrons. The summed E-state index contributed by atoms with van der Waals surface area (Å²) in [5.41, 5.74) is 2.22. The number of allylic oxidation sites excluding steroid dienone is 1. The monoisotopic (exact) mass is 536 g/mol. The molecule has 1 aromatic carbocycles. The van der Waals surface area contributed by atoms with Gasteiger partial charge >= 0.3 is 0 Å². The Morgan fingerprint density at radius 2 is 1.82 bits per heavy atom. The Morgan fingerprint density at radius 1 is 1.11 bits per heavy atom. The fourth-order valence-corrected chi connectivity index (χ4v) is 5.56. The summed E-state index contributed by atoms with van der Waals surface area (Å²) in [4.78, 5) is 38.0. The van der Waals surface area contributed by atoms with Crippen LogP contribution < -0.4 is 0 Å². The third kappa shape index (κ3) is 5.68. The number of aromatic nitrogens is 4. The maximum atomic E-state index is 12.9. The van der Waals surface area contributed by atoms with Crippen molar-refractivity contribution in [3.05, 3.63) is 66.4 Å². The van der Waals surface area contributed by atoms with E-state index in [2.05, 4.69) is 48.8 Å². The highest BCUT2D eigenvalue weighted by atomic mass is 28.4. The van der Waals surface area contributed by atoms with Crippen molar-refractivity contribution in [1.29, 1.82) is 0 Å². The van der Waals surface area contributed by atoms with Crippen molar-refractivity contribution in [2.75, 3.05) is 7.11 Å². The molecule has 38 heavy (non-hydrogen) atoms. The zero-order valence-electron chi connectivity index (χ0n) is 23.0. The van der Waals surface area contributed by atoms with Gasteiger partial charge in [0.05, 0.1) is 18.4 Å². The number of carbonyl (C=O) groups is 2. The first-order valence-electron chi connectivity index (χ1n) is 12.7. The Kier molecular flexibility index (Phi) is 8.08. The van der Waals surface area contributed by atoms with Crippen LogP contribution in [0.5, 0.6) is 0 Å². The van der Waals surface area contributed by atoms with Crippen molar-refractivity contribution in [2.45, 2.75) is 76.8 Å². The Morgan fingerprint density at radius 3 is 2.45 bits per heavy atom. The number of Topliss-reactive ketones (excluding diaryl/α,β-unsaturated/α-hetero) is 1. The van der Waals surface area contributed by atoms with E-state index in [1.807, 2.05) is 22.8 Å². The van der Waals surface area contributed by atoms with Gasteiger partial charge in [-0.1, -0.05) is 51.1 Å². The highest BCUT2D eigenvalue weighted by molar-refractivity contribution is 6.74. The number of rotatable bonds is 9. The summed E-state index contributed by atoms with van der Waals surface area (Å²) in [7, 11) is -0.637. The van der Waals surface area contributed by atoms with Crippen molar-refractivity contribution in [2.24, 2.45) is 0 Å². The molecule has 0 amide bonds. The lowest BCUT2D eigenvalue weighted by atomic mass is 10.1. The van der Waals surface area contributed by atoms with E-state index >= 15 is 0 Å². The van der Waals surface area contributed by atoms with Crippen LogP contribution in [0.2, 0.25) is 18.1 Å². The third-order valence-electron chi connectivity index (χ3n) is 7.39.